The number of anilines is 1. The third-order valence-electron chi connectivity index (χ3n) is 3.97. The van der Waals surface area contributed by atoms with Crippen molar-refractivity contribution in [3.63, 3.8) is 0 Å². The van der Waals surface area contributed by atoms with Crippen molar-refractivity contribution in [1.82, 2.24) is 19.7 Å². The Kier molecular flexibility index (Phi) is 4.85. The maximum Gasteiger partial charge on any atom is 0.253 e. The molecular weight excluding hydrogens is 310 g/mol. The first kappa shape index (κ1) is 15.9. The molecular formula is C16H21N5OS. The number of nitrogens with one attached hydrogen (secondary N) is 1. The molecule has 3 rings (SSSR count). The largest absolute Gasteiger partial charge is 0.349 e. The van der Waals surface area contributed by atoms with E-state index in [0.717, 1.165) is 36.9 Å². The molecule has 0 saturated carbocycles. The predicted octanol–water partition coefficient (Wildman–Crippen LogP) is 2.46. The number of hydrogen-bond donors (Lipinski definition) is 1. The Balaban J connectivity index is 1.53. The minimum absolute atomic E-state index is 0.0467. The van der Waals surface area contributed by atoms with E-state index in [-0.39, 0.29) is 11.9 Å². The third kappa shape index (κ3) is 3.85. The van der Waals surface area contributed by atoms with Gasteiger partial charge in [0.1, 0.15) is 5.82 Å². The minimum atomic E-state index is -0.0467. The van der Waals surface area contributed by atoms with Gasteiger partial charge in [-0.15, -0.1) is 0 Å². The van der Waals surface area contributed by atoms with Crippen molar-refractivity contribution >= 4 is 22.6 Å². The smallest absolute Gasteiger partial charge is 0.253 e. The molecule has 0 aliphatic carbocycles. The van der Waals surface area contributed by atoms with Gasteiger partial charge in [0.2, 0.25) is 5.13 Å². The minimum Gasteiger partial charge on any atom is -0.349 e. The lowest BCUT2D eigenvalue weighted by Gasteiger charge is -2.31. The van der Waals surface area contributed by atoms with Gasteiger partial charge in [-0.3, -0.25) is 9.78 Å². The monoisotopic (exact) mass is 331 g/mol. The van der Waals surface area contributed by atoms with E-state index in [1.54, 1.807) is 24.5 Å². The molecule has 1 aliphatic rings. The Morgan fingerprint density at radius 1 is 1.39 bits per heavy atom. The highest BCUT2D eigenvalue weighted by Gasteiger charge is 2.23. The van der Waals surface area contributed by atoms with Gasteiger partial charge < -0.3 is 10.2 Å². The van der Waals surface area contributed by atoms with E-state index < -0.39 is 0 Å². The summed E-state index contributed by atoms with van der Waals surface area (Å²) in [7, 11) is 0. The number of aromatic nitrogens is 3. The molecule has 3 heterocycles. The molecule has 0 aromatic carbocycles. The van der Waals surface area contributed by atoms with Crippen molar-refractivity contribution in [2.45, 2.75) is 38.6 Å². The predicted molar refractivity (Wildman–Crippen MR) is 90.9 cm³/mol. The fourth-order valence-corrected chi connectivity index (χ4v) is 3.43. The first-order valence-electron chi connectivity index (χ1n) is 7.93. The Labute approximate surface area is 140 Å². The lowest BCUT2D eigenvalue weighted by Crippen LogP contribution is -2.44. The van der Waals surface area contributed by atoms with Crippen molar-refractivity contribution in [2.75, 3.05) is 18.0 Å². The summed E-state index contributed by atoms with van der Waals surface area (Å²) in [6.45, 7) is 5.99. The van der Waals surface area contributed by atoms with Crippen molar-refractivity contribution in [3.05, 3.63) is 35.9 Å². The number of piperidine rings is 1. The molecule has 0 atom stereocenters. The molecule has 0 bridgehead atoms. The number of pyridine rings is 1. The van der Waals surface area contributed by atoms with E-state index in [1.165, 1.54) is 11.5 Å². The molecule has 2 aromatic heterocycles. The molecule has 1 saturated heterocycles. The SMILES string of the molecule is CC(C)c1nsc(N2CCC(NC(=O)c3cccnc3)CC2)n1. The molecule has 0 unspecified atom stereocenters. The van der Waals surface area contributed by atoms with Gasteiger partial charge in [0.25, 0.3) is 5.91 Å². The Bertz CT molecular complexity index is 650. The average Bonchev–Trinajstić information content (AvgIpc) is 3.07. The van der Waals surface area contributed by atoms with Gasteiger partial charge in [-0.05, 0) is 25.0 Å². The van der Waals surface area contributed by atoms with Crippen LogP contribution in [0.15, 0.2) is 24.5 Å². The lowest BCUT2D eigenvalue weighted by atomic mass is 10.1. The van der Waals surface area contributed by atoms with E-state index in [1.807, 2.05) is 0 Å². The van der Waals surface area contributed by atoms with E-state index in [0.29, 0.717) is 11.5 Å². The first-order valence-corrected chi connectivity index (χ1v) is 8.70. The molecule has 6 nitrogen and oxygen atoms in total. The summed E-state index contributed by atoms with van der Waals surface area (Å²) in [5.74, 6) is 1.22. The fourth-order valence-electron chi connectivity index (χ4n) is 2.57. The molecule has 1 N–H and O–H groups in total. The highest BCUT2D eigenvalue weighted by Crippen LogP contribution is 2.24. The summed E-state index contributed by atoms with van der Waals surface area (Å²) in [4.78, 5) is 23.0. The van der Waals surface area contributed by atoms with E-state index in [2.05, 4.69) is 38.4 Å². The number of carbonyl (C=O) groups excluding carboxylic acids is 1. The van der Waals surface area contributed by atoms with Crippen LogP contribution in [0.2, 0.25) is 0 Å². The van der Waals surface area contributed by atoms with Crippen LogP contribution in [0, 0.1) is 0 Å². The molecule has 122 valence electrons. The van der Waals surface area contributed by atoms with Gasteiger partial charge in [0.05, 0.1) is 5.56 Å². The van der Waals surface area contributed by atoms with Crippen LogP contribution in [0.4, 0.5) is 5.13 Å². The second kappa shape index (κ2) is 7.04. The molecule has 7 heteroatoms. The fraction of sp³-hybridized carbons (Fsp3) is 0.500. The van der Waals surface area contributed by atoms with Gasteiger partial charge in [-0.1, -0.05) is 13.8 Å². The normalized spacial score (nSPS) is 15.9. The second-order valence-electron chi connectivity index (χ2n) is 6.07. The lowest BCUT2D eigenvalue weighted by molar-refractivity contribution is 0.0930. The third-order valence-corrected chi connectivity index (χ3v) is 4.76. The quantitative estimate of drug-likeness (QED) is 0.932. The van der Waals surface area contributed by atoms with Gasteiger partial charge in [-0.2, -0.15) is 4.37 Å². The van der Waals surface area contributed by atoms with E-state index in [9.17, 15) is 4.79 Å². The Hall–Kier alpha value is -2.02. The van der Waals surface area contributed by atoms with Crippen molar-refractivity contribution < 1.29 is 4.79 Å². The van der Waals surface area contributed by atoms with E-state index in [4.69, 9.17) is 0 Å². The van der Waals surface area contributed by atoms with Crippen LogP contribution >= 0.6 is 11.5 Å². The Morgan fingerprint density at radius 2 is 2.17 bits per heavy atom. The van der Waals surface area contributed by atoms with Crippen LogP contribution in [0.25, 0.3) is 0 Å². The number of carbonyl (C=O) groups is 1. The maximum absolute atomic E-state index is 12.2. The summed E-state index contributed by atoms with van der Waals surface area (Å²) < 4.78 is 4.41. The zero-order chi connectivity index (χ0) is 16.2. The van der Waals surface area contributed by atoms with Crippen LogP contribution in [-0.4, -0.2) is 39.4 Å². The summed E-state index contributed by atoms with van der Waals surface area (Å²) in [5.41, 5.74) is 0.612. The van der Waals surface area contributed by atoms with Crippen molar-refractivity contribution in [1.29, 1.82) is 0 Å². The maximum atomic E-state index is 12.2. The molecule has 0 spiro atoms. The summed E-state index contributed by atoms with van der Waals surface area (Å²) in [5, 5.41) is 4.08. The molecule has 23 heavy (non-hydrogen) atoms. The summed E-state index contributed by atoms with van der Waals surface area (Å²) in [6.07, 6.45) is 5.10. The zero-order valence-electron chi connectivity index (χ0n) is 13.4. The standard InChI is InChI=1S/C16H21N5OS/c1-11(2)14-19-16(23-20-14)21-8-5-13(6-9-21)18-15(22)12-4-3-7-17-10-12/h3-4,7,10-11,13H,5-6,8-9H2,1-2H3,(H,18,22). The summed E-state index contributed by atoms with van der Waals surface area (Å²) >= 11 is 1.47. The molecule has 1 aliphatic heterocycles. The summed E-state index contributed by atoms with van der Waals surface area (Å²) in [6, 6.07) is 3.77. The number of hydrogen-bond acceptors (Lipinski definition) is 6. The van der Waals surface area contributed by atoms with Crippen molar-refractivity contribution in [3.8, 4) is 0 Å². The number of rotatable bonds is 4. The van der Waals surface area contributed by atoms with Gasteiger partial charge in [0, 0.05) is 49.0 Å². The van der Waals surface area contributed by atoms with Crippen LogP contribution in [0.1, 0.15) is 48.8 Å². The van der Waals surface area contributed by atoms with Crippen LogP contribution in [0.5, 0.6) is 0 Å². The molecule has 1 fully saturated rings. The van der Waals surface area contributed by atoms with Gasteiger partial charge in [-0.25, -0.2) is 4.98 Å². The topological polar surface area (TPSA) is 71.0 Å². The van der Waals surface area contributed by atoms with Gasteiger partial charge in [0.15, 0.2) is 0 Å². The number of amides is 1. The average molecular weight is 331 g/mol. The Morgan fingerprint density at radius 3 is 2.78 bits per heavy atom. The van der Waals surface area contributed by atoms with Crippen molar-refractivity contribution in [2.24, 2.45) is 0 Å². The molecule has 0 radical (unpaired) electrons. The van der Waals surface area contributed by atoms with Crippen LogP contribution in [-0.2, 0) is 0 Å². The van der Waals surface area contributed by atoms with Crippen LogP contribution in [0.3, 0.4) is 0 Å². The molecule has 1 amide bonds. The highest BCUT2D eigenvalue weighted by molar-refractivity contribution is 7.09. The molecule has 2 aromatic rings. The number of nitrogens with zero attached hydrogens (tertiary/aromatic N) is 4. The second-order valence-corrected chi connectivity index (χ2v) is 6.80. The first-order chi connectivity index (χ1) is 11.1. The van der Waals surface area contributed by atoms with E-state index >= 15 is 0 Å². The zero-order valence-corrected chi connectivity index (χ0v) is 14.2. The van der Waals surface area contributed by atoms with Crippen LogP contribution < -0.4 is 10.2 Å². The highest BCUT2D eigenvalue weighted by atomic mass is 32.1. The van der Waals surface area contributed by atoms with Gasteiger partial charge >= 0.3 is 0 Å².